The number of piperidine rings is 2. The molecule has 2 saturated heterocycles. The molecule has 0 aromatic heterocycles. The molecule has 2 aromatic rings. The van der Waals surface area contributed by atoms with E-state index >= 15 is 0 Å². The van der Waals surface area contributed by atoms with Crippen LogP contribution in [0.2, 0.25) is 0 Å². The van der Waals surface area contributed by atoms with Crippen LogP contribution >= 0.6 is 0 Å². The van der Waals surface area contributed by atoms with E-state index in [1.54, 1.807) is 23.1 Å². The monoisotopic (exact) mass is 798 g/mol. The van der Waals surface area contributed by atoms with E-state index in [0.29, 0.717) is 81.8 Å². The summed E-state index contributed by atoms with van der Waals surface area (Å²) in [5, 5.41) is 15.3. The van der Waals surface area contributed by atoms with E-state index in [4.69, 9.17) is 0 Å². The number of aryl methyl sites for hydroxylation is 2. The van der Waals surface area contributed by atoms with Crippen molar-refractivity contribution in [2.24, 2.45) is 0 Å². The van der Waals surface area contributed by atoms with E-state index < -0.39 is 36.1 Å². The zero-order valence-electron chi connectivity index (χ0n) is 32.8. The minimum atomic E-state index is -2.62. The number of amidine groups is 1. The number of carbonyl (C=O) groups is 6. The van der Waals surface area contributed by atoms with Crippen molar-refractivity contribution >= 4 is 47.0 Å². The Morgan fingerprint density at radius 2 is 1.55 bits per heavy atom. The SMILES string of the molecule is CCc1cc2c(cc1C(F)F)N(C(=N)C1=C(NC3CCN(C(=O)CN4Cc5cc6c(cc5C4)C(=O)N(C4CCC(=O)NC4=O)C6=O)CC3)CCN(C(C)=O)C1)CCC2. The third-order valence-electron chi connectivity index (χ3n) is 12.6. The molecular formula is C42H48F2N8O6. The van der Waals surface area contributed by atoms with Crippen LogP contribution in [0, 0.1) is 5.41 Å². The Kier molecular flexibility index (Phi) is 10.6. The number of hydrogen-bond acceptors (Lipinski definition) is 9. The fraction of sp³-hybridized carbons (Fsp3) is 0.500. The number of imide groups is 2. The molecule has 6 amide bonds. The molecule has 1 atom stereocenters. The van der Waals surface area contributed by atoms with Gasteiger partial charge in [-0.3, -0.25) is 49.3 Å². The van der Waals surface area contributed by atoms with Gasteiger partial charge in [0.2, 0.25) is 23.6 Å². The molecule has 2 fully saturated rings. The summed E-state index contributed by atoms with van der Waals surface area (Å²) in [5.74, 6) is -2.10. The molecule has 14 nitrogen and oxygen atoms in total. The van der Waals surface area contributed by atoms with Gasteiger partial charge in [0.1, 0.15) is 11.9 Å². The van der Waals surface area contributed by atoms with Crippen LogP contribution in [0.4, 0.5) is 14.5 Å². The van der Waals surface area contributed by atoms with Crippen LogP contribution in [-0.2, 0) is 45.1 Å². The van der Waals surface area contributed by atoms with Gasteiger partial charge in [0, 0.05) is 87.6 Å². The highest BCUT2D eigenvalue weighted by Crippen LogP contribution is 2.37. The fourth-order valence-electron chi connectivity index (χ4n) is 9.37. The number of nitrogens with one attached hydrogen (secondary N) is 3. The van der Waals surface area contributed by atoms with E-state index in [1.807, 2.05) is 27.7 Å². The average Bonchev–Trinajstić information content (AvgIpc) is 3.71. The summed E-state index contributed by atoms with van der Waals surface area (Å²) in [7, 11) is 0. The van der Waals surface area contributed by atoms with Crippen LogP contribution in [0.25, 0.3) is 0 Å². The van der Waals surface area contributed by atoms with Gasteiger partial charge in [0.15, 0.2) is 0 Å². The first-order chi connectivity index (χ1) is 27.8. The maximum Gasteiger partial charge on any atom is 0.264 e. The Labute approximate surface area is 335 Å². The first-order valence-corrected chi connectivity index (χ1v) is 20.2. The highest BCUT2D eigenvalue weighted by Gasteiger charge is 2.45. The molecular weight excluding hydrogens is 751 g/mol. The van der Waals surface area contributed by atoms with Crippen LogP contribution < -0.4 is 15.5 Å². The number of hydrogen-bond donors (Lipinski definition) is 3. The lowest BCUT2D eigenvalue weighted by Gasteiger charge is -2.39. The second-order valence-corrected chi connectivity index (χ2v) is 16.1. The number of halogens is 2. The molecule has 6 aliphatic heterocycles. The minimum absolute atomic E-state index is 0.00534. The molecule has 6 heterocycles. The summed E-state index contributed by atoms with van der Waals surface area (Å²) in [6.45, 7) is 6.72. The summed E-state index contributed by atoms with van der Waals surface area (Å²) >= 11 is 0. The molecule has 0 bridgehead atoms. The van der Waals surface area contributed by atoms with Gasteiger partial charge in [0.05, 0.1) is 24.2 Å². The molecule has 1 unspecified atom stereocenters. The van der Waals surface area contributed by atoms with Crippen LogP contribution in [0.5, 0.6) is 0 Å². The number of anilines is 1. The van der Waals surface area contributed by atoms with Gasteiger partial charge in [0.25, 0.3) is 18.2 Å². The fourth-order valence-corrected chi connectivity index (χ4v) is 9.37. The molecule has 0 saturated carbocycles. The highest BCUT2D eigenvalue weighted by atomic mass is 19.3. The molecule has 0 radical (unpaired) electrons. The predicted molar refractivity (Wildman–Crippen MR) is 208 cm³/mol. The topological polar surface area (TPSA) is 167 Å². The van der Waals surface area contributed by atoms with Crippen molar-refractivity contribution in [1.82, 2.24) is 30.2 Å². The molecule has 16 heteroatoms. The number of likely N-dealkylation sites (tertiary alicyclic amines) is 1. The van der Waals surface area contributed by atoms with Crippen molar-refractivity contribution in [3.63, 3.8) is 0 Å². The Balaban J connectivity index is 0.898. The van der Waals surface area contributed by atoms with Crippen molar-refractivity contribution in [1.29, 1.82) is 5.41 Å². The van der Waals surface area contributed by atoms with E-state index in [1.165, 1.54) is 6.92 Å². The Morgan fingerprint density at radius 1 is 0.862 bits per heavy atom. The van der Waals surface area contributed by atoms with Crippen LogP contribution in [0.15, 0.2) is 35.5 Å². The van der Waals surface area contributed by atoms with Crippen molar-refractivity contribution in [2.45, 2.75) is 96.8 Å². The zero-order valence-corrected chi connectivity index (χ0v) is 32.8. The number of rotatable bonds is 8. The van der Waals surface area contributed by atoms with Gasteiger partial charge in [-0.1, -0.05) is 13.0 Å². The molecule has 58 heavy (non-hydrogen) atoms. The van der Waals surface area contributed by atoms with Gasteiger partial charge in [-0.15, -0.1) is 0 Å². The van der Waals surface area contributed by atoms with E-state index in [9.17, 15) is 43.0 Å². The maximum absolute atomic E-state index is 14.1. The van der Waals surface area contributed by atoms with E-state index in [-0.39, 0.29) is 66.3 Å². The first kappa shape index (κ1) is 39.3. The number of benzene rings is 2. The number of amides is 6. The minimum Gasteiger partial charge on any atom is -0.385 e. The number of fused-ring (bicyclic) bond motifs is 3. The summed E-state index contributed by atoms with van der Waals surface area (Å²) in [6.07, 6.45) is 1.42. The maximum atomic E-state index is 14.1. The lowest BCUT2D eigenvalue weighted by Crippen LogP contribution is -2.54. The molecule has 306 valence electrons. The second kappa shape index (κ2) is 15.7. The standard InChI is InChI=1S/C42H48F2N8O6/c1-3-24-15-25-5-4-11-51(35(25)18-29(24)38(43)44)39(45)32-21-50(23(2)53)14-10-33(32)46-28-8-12-49(13-9-28)37(55)22-48-19-26-16-30-31(17-27(26)20-48)42(58)52(41(30)57)34-6-7-36(54)47-40(34)56/h15-18,28,34,38,45-46H,3-14,19-22H2,1-2H3,(H,47,54,56). The third kappa shape index (κ3) is 7.26. The second-order valence-electron chi connectivity index (χ2n) is 16.1. The molecule has 3 N–H and O–H groups in total. The van der Waals surface area contributed by atoms with Crippen molar-refractivity contribution in [2.75, 3.05) is 44.2 Å². The summed E-state index contributed by atoms with van der Waals surface area (Å²) < 4.78 is 28.2. The van der Waals surface area contributed by atoms with E-state index in [2.05, 4.69) is 10.6 Å². The Bertz CT molecular complexity index is 2120. The number of nitrogens with zero attached hydrogens (tertiary/aromatic N) is 5. The van der Waals surface area contributed by atoms with Crippen LogP contribution in [0.1, 0.15) is 107 Å². The van der Waals surface area contributed by atoms with Gasteiger partial charge < -0.3 is 20.0 Å². The molecule has 0 aliphatic carbocycles. The first-order valence-electron chi connectivity index (χ1n) is 20.2. The van der Waals surface area contributed by atoms with Gasteiger partial charge >= 0.3 is 0 Å². The normalized spacial score (nSPS) is 21.4. The quantitative estimate of drug-likeness (QED) is 0.206. The summed E-state index contributed by atoms with van der Waals surface area (Å²) in [5.41, 5.74) is 5.90. The average molecular weight is 799 g/mol. The van der Waals surface area contributed by atoms with Crippen molar-refractivity contribution in [3.05, 3.63) is 74.5 Å². The number of alkyl halides is 2. The third-order valence-corrected chi connectivity index (χ3v) is 12.6. The van der Waals surface area contributed by atoms with E-state index in [0.717, 1.165) is 40.1 Å². The summed E-state index contributed by atoms with van der Waals surface area (Å²) in [6, 6.07) is 5.79. The smallest absolute Gasteiger partial charge is 0.264 e. The summed E-state index contributed by atoms with van der Waals surface area (Å²) in [4.78, 5) is 85.1. The Hall–Kier alpha value is -5.51. The number of carbonyl (C=O) groups excluding carboxylic acids is 6. The van der Waals surface area contributed by atoms with Gasteiger partial charge in [-0.2, -0.15) is 0 Å². The van der Waals surface area contributed by atoms with Crippen LogP contribution in [-0.4, -0.2) is 112 Å². The Morgan fingerprint density at radius 3 is 2.17 bits per heavy atom. The highest BCUT2D eigenvalue weighted by molar-refractivity contribution is 6.23. The van der Waals surface area contributed by atoms with Crippen molar-refractivity contribution < 1.29 is 37.5 Å². The van der Waals surface area contributed by atoms with Crippen LogP contribution in [0.3, 0.4) is 0 Å². The molecule has 6 aliphatic rings. The van der Waals surface area contributed by atoms with Crippen molar-refractivity contribution in [3.8, 4) is 0 Å². The predicted octanol–water partition coefficient (Wildman–Crippen LogP) is 3.42. The van der Waals surface area contributed by atoms with Gasteiger partial charge in [-0.25, -0.2) is 8.78 Å². The largest absolute Gasteiger partial charge is 0.385 e. The van der Waals surface area contributed by atoms with Gasteiger partial charge in [-0.05, 0) is 79.0 Å². The molecule has 0 spiro atoms. The lowest BCUT2D eigenvalue weighted by molar-refractivity contribution is -0.136. The molecule has 8 rings (SSSR count). The molecule has 2 aromatic carbocycles. The lowest BCUT2D eigenvalue weighted by atomic mass is 9.93. The zero-order chi connectivity index (χ0) is 41.0.